The van der Waals surface area contributed by atoms with E-state index in [1.54, 1.807) is 6.33 Å². The van der Waals surface area contributed by atoms with E-state index in [-0.39, 0.29) is 0 Å². The van der Waals surface area contributed by atoms with Gasteiger partial charge in [-0.05, 0) is 25.3 Å². The van der Waals surface area contributed by atoms with E-state index >= 15 is 0 Å². The predicted octanol–water partition coefficient (Wildman–Crippen LogP) is 2.43. The summed E-state index contributed by atoms with van der Waals surface area (Å²) in [5.41, 5.74) is 1.71. The quantitative estimate of drug-likeness (QED) is 0.803. The van der Waals surface area contributed by atoms with Crippen LogP contribution >= 0.6 is 0 Å². The van der Waals surface area contributed by atoms with Crippen LogP contribution in [0.5, 0.6) is 0 Å². The fraction of sp³-hybridized carbons (Fsp3) is 0.522. The number of likely N-dealkylation sites (tertiary alicyclic amines) is 1. The maximum atomic E-state index is 13.8. The van der Waals surface area contributed by atoms with Crippen molar-refractivity contribution >= 4 is 11.7 Å². The molecule has 0 aliphatic carbocycles. The Morgan fingerprint density at radius 2 is 1.72 bits per heavy atom. The predicted molar refractivity (Wildman–Crippen MR) is 111 cm³/mol. The molecule has 29 heavy (non-hydrogen) atoms. The van der Waals surface area contributed by atoms with E-state index in [2.05, 4.69) is 38.0 Å². The summed E-state index contributed by atoms with van der Waals surface area (Å²) in [6.07, 6.45) is 3.19. The summed E-state index contributed by atoms with van der Waals surface area (Å²) < 4.78 is 5.62. The van der Waals surface area contributed by atoms with E-state index in [0.29, 0.717) is 31.0 Å². The SMILES string of the molecule is Cc1cc(N2CC3CN(C(=O)C4(c5ccccc5)CCOCC4)CC3C2)ncn1. The van der Waals surface area contributed by atoms with Crippen molar-refractivity contribution in [2.45, 2.75) is 25.2 Å². The highest BCUT2D eigenvalue weighted by atomic mass is 16.5. The number of anilines is 1. The van der Waals surface area contributed by atoms with Crippen molar-refractivity contribution in [1.82, 2.24) is 14.9 Å². The average Bonchev–Trinajstić information content (AvgIpc) is 3.34. The molecule has 0 saturated carbocycles. The molecule has 0 spiro atoms. The zero-order valence-corrected chi connectivity index (χ0v) is 17.0. The Bertz CT molecular complexity index is 867. The second-order valence-electron chi connectivity index (χ2n) is 8.71. The van der Waals surface area contributed by atoms with Crippen LogP contribution in [0.25, 0.3) is 0 Å². The van der Waals surface area contributed by atoms with Crippen LogP contribution in [0, 0.1) is 18.8 Å². The molecule has 2 unspecified atom stereocenters. The molecule has 1 amide bonds. The third kappa shape index (κ3) is 3.29. The molecule has 5 rings (SSSR count). The largest absolute Gasteiger partial charge is 0.381 e. The monoisotopic (exact) mass is 392 g/mol. The summed E-state index contributed by atoms with van der Waals surface area (Å²) >= 11 is 0. The molecule has 3 aliphatic heterocycles. The highest BCUT2D eigenvalue weighted by molar-refractivity contribution is 5.88. The van der Waals surface area contributed by atoms with Gasteiger partial charge >= 0.3 is 0 Å². The van der Waals surface area contributed by atoms with Gasteiger partial charge in [0.2, 0.25) is 5.91 Å². The van der Waals surface area contributed by atoms with E-state index in [1.165, 1.54) is 0 Å². The number of aromatic nitrogens is 2. The minimum absolute atomic E-state index is 0.297. The first-order valence-electron chi connectivity index (χ1n) is 10.6. The van der Waals surface area contributed by atoms with Gasteiger partial charge in [-0.2, -0.15) is 0 Å². The number of benzene rings is 1. The summed E-state index contributed by atoms with van der Waals surface area (Å²) in [5.74, 6) is 2.34. The van der Waals surface area contributed by atoms with Gasteiger partial charge in [0.05, 0.1) is 5.41 Å². The van der Waals surface area contributed by atoms with Gasteiger partial charge in [0.1, 0.15) is 12.1 Å². The molecular weight excluding hydrogens is 364 g/mol. The standard InChI is InChI=1S/C23H28N4O2/c1-17-11-21(25-16-24-17)26-12-18-14-27(15-19(18)13-26)22(28)23(7-9-29-10-8-23)20-5-3-2-4-6-20/h2-6,11,16,18-19H,7-10,12-15H2,1H3. The Labute approximate surface area is 171 Å². The lowest BCUT2D eigenvalue weighted by molar-refractivity contribution is -0.140. The van der Waals surface area contributed by atoms with E-state index in [9.17, 15) is 4.79 Å². The molecule has 3 saturated heterocycles. The fourth-order valence-electron chi connectivity index (χ4n) is 5.37. The summed E-state index contributed by atoms with van der Waals surface area (Å²) in [4.78, 5) is 26.9. The van der Waals surface area contributed by atoms with Gasteiger partial charge in [-0.1, -0.05) is 30.3 Å². The molecule has 3 fully saturated rings. The first-order chi connectivity index (χ1) is 14.2. The second-order valence-corrected chi connectivity index (χ2v) is 8.71. The van der Waals surface area contributed by atoms with E-state index in [0.717, 1.165) is 56.1 Å². The summed E-state index contributed by atoms with van der Waals surface area (Å²) in [5, 5.41) is 0. The number of hydrogen-bond donors (Lipinski definition) is 0. The normalized spacial score (nSPS) is 25.8. The third-order valence-corrected chi connectivity index (χ3v) is 6.97. The molecule has 0 radical (unpaired) electrons. The molecule has 2 aromatic rings. The van der Waals surface area contributed by atoms with Crippen molar-refractivity contribution in [3.63, 3.8) is 0 Å². The number of aryl methyl sites for hydroxylation is 1. The van der Waals surface area contributed by atoms with Gasteiger partial charge in [0.15, 0.2) is 0 Å². The van der Waals surface area contributed by atoms with Gasteiger partial charge in [-0.25, -0.2) is 9.97 Å². The fourth-order valence-corrected chi connectivity index (χ4v) is 5.37. The topological polar surface area (TPSA) is 58.6 Å². The maximum absolute atomic E-state index is 13.8. The third-order valence-electron chi connectivity index (χ3n) is 6.97. The summed E-state index contributed by atoms with van der Waals surface area (Å²) in [6, 6.07) is 12.4. The molecule has 4 heterocycles. The molecule has 0 bridgehead atoms. The van der Waals surface area contributed by atoms with Crippen LogP contribution in [-0.4, -0.2) is 60.2 Å². The minimum atomic E-state index is -0.429. The molecule has 6 nitrogen and oxygen atoms in total. The number of ether oxygens (including phenoxy) is 1. The zero-order chi connectivity index (χ0) is 19.8. The van der Waals surface area contributed by atoms with Gasteiger partial charge < -0.3 is 14.5 Å². The Hall–Kier alpha value is -2.47. The zero-order valence-electron chi connectivity index (χ0n) is 17.0. The van der Waals surface area contributed by atoms with Crippen LogP contribution in [0.4, 0.5) is 5.82 Å². The van der Waals surface area contributed by atoms with Crippen molar-refractivity contribution < 1.29 is 9.53 Å². The summed E-state index contributed by atoms with van der Waals surface area (Å²) in [6.45, 7) is 6.93. The van der Waals surface area contributed by atoms with Crippen LogP contribution in [0.3, 0.4) is 0 Å². The highest BCUT2D eigenvalue weighted by Crippen LogP contribution is 2.40. The molecule has 152 valence electrons. The van der Waals surface area contributed by atoms with Gasteiger partial charge in [0, 0.05) is 63.0 Å². The van der Waals surface area contributed by atoms with Gasteiger partial charge in [-0.3, -0.25) is 4.79 Å². The van der Waals surface area contributed by atoms with Crippen LogP contribution in [0.1, 0.15) is 24.1 Å². The van der Waals surface area contributed by atoms with Crippen LogP contribution in [0.15, 0.2) is 42.7 Å². The molecule has 6 heteroatoms. The molecule has 3 aliphatic rings. The Kier molecular flexibility index (Phi) is 4.74. The van der Waals surface area contributed by atoms with Crippen molar-refractivity contribution in [2.75, 3.05) is 44.3 Å². The van der Waals surface area contributed by atoms with Crippen molar-refractivity contribution in [3.8, 4) is 0 Å². The van der Waals surface area contributed by atoms with Crippen LogP contribution in [-0.2, 0) is 14.9 Å². The lowest BCUT2D eigenvalue weighted by Crippen LogP contribution is -2.50. The molecule has 2 atom stereocenters. The first-order valence-corrected chi connectivity index (χ1v) is 10.6. The number of nitrogens with zero attached hydrogens (tertiary/aromatic N) is 4. The first kappa shape index (κ1) is 18.6. The van der Waals surface area contributed by atoms with Gasteiger partial charge in [-0.15, -0.1) is 0 Å². The molecule has 1 aromatic carbocycles. The van der Waals surface area contributed by atoms with E-state index in [1.807, 2.05) is 25.1 Å². The van der Waals surface area contributed by atoms with E-state index < -0.39 is 5.41 Å². The van der Waals surface area contributed by atoms with Crippen molar-refractivity contribution in [2.24, 2.45) is 11.8 Å². The smallest absolute Gasteiger partial charge is 0.233 e. The number of fused-ring (bicyclic) bond motifs is 1. The molecule has 1 aromatic heterocycles. The number of carbonyl (C=O) groups excluding carboxylic acids is 1. The molecule has 0 N–H and O–H groups in total. The number of amides is 1. The summed E-state index contributed by atoms with van der Waals surface area (Å²) in [7, 11) is 0. The average molecular weight is 393 g/mol. The lowest BCUT2D eigenvalue weighted by atomic mass is 9.73. The van der Waals surface area contributed by atoms with Crippen molar-refractivity contribution in [1.29, 1.82) is 0 Å². The lowest BCUT2D eigenvalue weighted by Gasteiger charge is -2.39. The minimum Gasteiger partial charge on any atom is -0.381 e. The van der Waals surface area contributed by atoms with Crippen LogP contribution in [0.2, 0.25) is 0 Å². The second kappa shape index (κ2) is 7.41. The number of carbonyl (C=O) groups is 1. The Morgan fingerprint density at radius 1 is 1.03 bits per heavy atom. The van der Waals surface area contributed by atoms with Gasteiger partial charge in [0.25, 0.3) is 0 Å². The highest BCUT2D eigenvalue weighted by Gasteiger charge is 2.49. The number of hydrogen-bond acceptors (Lipinski definition) is 5. The van der Waals surface area contributed by atoms with E-state index in [4.69, 9.17) is 4.74 Å². The van der Waals surface area contributed by atoms with Crippen molar-refractivity contribution in [3.05, 3.63) is 54.0 Å². The maximum Gasteiger partial charge on any atom is 0.233 e. The number of rotatable bonds is 3. The molecular formula is C23H28N4O2. The Balaban J connectivity index is 1.32. The van der Waals surface area contributed by atoms with Crippen LogP contribution < -0.4 is 4.90 Å². The Morgan fingerprint density at radius 3 is 2.38 bits per heavy atom.